The number of ether oxygens (including phenoxy) is 7. The summed E-state index contributed by atoms with van der Waals surface area (Å²) in [5, 5.41) is 144. The Labute approximate surface area is 340 Å². The van der Waals surface area contributed by atoms with Gasteiger partial charge in [0.15, 0.2) is 18.9 Å². The second-order valence-corrected chi connectivity index (χ2v) is 14.8. The lowest BCUT2D eigenvalue weighted by Crippen LogP contribution is -2.70. The summed E-state index contributed by atoms with van der Waals surface area (Å²) in [6, 6.07) is -4.82. The van der Waals surface area contributed by atoms with Crippen molar-refractivity contribution < 1.29 is 119 Å². The number of aliphatic hydroxyl groups excluding tert-OH is 12. The number of rotatable bonds is 16. The maximum absolute atomic E-state index is 12.7. The average Bonchev–Trinajstić information content (AvgIpc) is 3.18. The zero-order valence-corrected chi connectivity index (χ0v) is 32.4. The van der Waals surface area contributed by atoms with Gasteiger partial charge in [-0.2, -0.15) is 0 Å². The number of nitrogens with one attached hydrogen (secondary N) is 3. The number of aliphatic hydroxyl groups is 12. The van der Waals surface area contributed by atoms with E-state index in [4.69, 9.17) is 33.2 Å². The molecule has 0 radical (unpaired) electrons. The number of amides is 3. The quantitative estimate of drug-likeness (QED) is 0.0684. The fourth-order valence-corrected chi connectivity index (χ4v) is 7.34. The van der Waals surface area contributed by atoms with Crippen molar-refractivity contribution in [1.82, 2.24) is 16.0 Å². The van der Waals surface area contributed by atoms with Gasteiger partial charge in [-0.3, -0.25) is 14.4 Å². The average molecular weight is 878 g/mol. The van der Waals surface area contributed by atoms with Crippen LogP contribution in [-0.2, 0) is 52.3 Å². The number of carboxylic acids is 1. The van der Waals surface area contributed by atoms with E-state index in [0.717, 1.165) is 20.8 Å². The minimum absolute atomic E-state index is 0.740. The van der Waals surface area contributed by atoms with Crippen molar-refractivity contribution >= 4 is 23.7 Å². The van der Waals surface area contributed by atoms with Gasteiger partial charge in [-0.25, -0.2) is 4.79 Å². The lowest BCUT2D eigenvalue weighted by atomic mass is 9.88. The molecule has 60 heavy (non-hydrogen) atoms. The highest BCUT2D eigenvalue weighted by Gasteiger charge is 2.58. The van der Waals surface area contributed by atoms with Crippen LogP contribution >= 0.6 is 0 Å². The van der Waals surface area contributed by atoms with Crippen LogP contribution < -0.4 is 16.0 Å². The second-order valence-electron chi connectivity index (χ2n) is 14.8. The third kappa shape index (κ3) is 11.0. The van der Waals surface area contributed by atoms with Gasteiger partial charge >= 0.3 is 5.97 Å². The molecule has 27 heteroatoms. The van der Waals surface area contributed by atoms with Crippen LogP contribution in [0.2, 0.25) is 0 Å². The van der Waals surface area contributed by atoms with E-state index in [9.17, 15) is 85.6 Å². The van der Waals surface area contributed by atoms with Crippen LogP contribution in [0, 0.1) is 0 Å². The van der Waals surface area contributed by atoms with E-state index < -0.39 is 185 Å². The summed E-state index contributed by atoms with van der Waals surface area (Å²) in [4.78, 5) is 48.7. The normalized spacial score (nSPS) is 43.3. The van der Waals surface area contributed by atoms with Crippen LogP contribution in [0.5, 0.6) is 0 Å². The third-order valence-corrected chi connectivity index (χ3v) is 10.4. The summed E-state index contributed by atoms with van der Waals surface area (Å²) < 4.78 is 39.3. The van der Waals surface area contributed by atoms with Crippen LogP contribution in [0.1, 0.15) is 27.2 Å². The zero-order valence-electron chi connectivity index (χ0n) is 32.4. The highest BCUT2D eigenvalue weighted by atomic mass is 16.8. The third-order valence-electron chi connectivity index (χ3n) is 10.4. The van der Waals surface area contributed by atoms with Crippen molar-refractivity contribution in [2.75, 3.05) is 26.4 Å². The van der Waals surface area contributed by atoms with E-state index in [0.29, 0.717) is 0 Å². The number of carboxylic acid groups (broad SMARTS) is 1. The fourth-order valence-electron chi connectivity index (χ4n) is 7.34. The number of hydrogen-bond acceptors (Lipinski definition) is 23. The first kappa shape index (κ1) is 49.8. The van der Waals surface area contributed by atoms with Crippen molar-refractivity contribution in [2.24, 2.45) is 0 Å². The molecule has 4 aliphatic rings. The maximum Gasteiger partial charge on any atom is 0.364 e. The maximum atomic E-state index is 12.7. The lowest BCUT2D eigenvalue weighted by molar-refractivity contribution is -0.368. The molecule has 0 aromatic carbocycles. The molecule has 21 atom stereocenters. The Morgan fingerprint density at radius 2 is 1.18 bits per heavy atom. The molecular weight excluding hydrogens is 822 g/mol. The van der Waals surface area contributed by atoms with Crippen molar-refractivity contribution in [3.8, 4) is 0 Å². The molecule has 4 aliphatic heterocycles. The predicted molar refractivity (Wildman–Crippen MR) is 186 cm³/mol. The van der Waals surface area contributed by atoms with Crippen molar-refractivity contribution in [3.05, 3.63) is 0 Å². The Morgan fingerprint density at radius 3 is 1.73 bits per heavy atom. The highest BCUT2D eigenvalue weighted by molar-refractivity contribution is 5.76. The molecule has 346 valence electrons. The molecule has 0 saturated carbocycles. The largest absolute Gasteiger partial charge is 0.477 e. The standard InChI is InChI=1S/C33H55N3O24/c1-9(40)34-17-12(43)4-33(32(52)53,60-27(17)20(45)13(44)5-37)54-8-16-23(48)26(19(29(51)55-16)36-11(3)42)58-31-25(50)28(22(47)15(7-39)57-31)59-30-18(35-10(2)41)24(49)21(46)14(6-38)56-30/h12-31,37-39,43-51H,4-8H2,1-3H3,(H,34,40)(H,35,41)(H,36,42)(H,52,53)/t12-,13+,14+,15+,16+,17+,18+,19+,20+,21+,22-,23-,24+,25+,26+,27+,28-,29?,30-,31-,33+/m0/s1. The van der Waals surface area contributed by atoms with Gasteiger partial charge in [0.25, 0.3) is 5.79 Å². The Balaban J connectivity index is 1.61. The van der Waals surface area contributed by atoms with E-state index in [1.54, 1.807) is 0 Å². The van der Waals surface area contributed by atoms with Gasteiger partial charge in [0.05, 0.1) is 38.6 Å². The second kappa shape index (κ2) is 21.0. The molecular formula is C33H55N3O24. The van der Waals surface area contributed by atoms with Crippen LogP contribution in [0.15, 0.2) is 0 Å². The van der Waals surface area contributed by atoms with E-state index in [-0.39, 0.29) is 0 Å². The molecule has 16 N–H and O–H groups in total. The molecule has 0 aromatic rings. The molecule has 3 amide bonds. The Hall–Kier alpha value is -2.88. The molecule has 1 unspecified atom stereocenters. The molecule has 4 heterocycles. The Kier molecular flexibility index (Phi) is 17.4. The Bertz CT molecular complexity index is 1470. The van der Waals surface area contributed by atoms with Gasteiger partial charge in [0.2, 0.25) is 17.7 Å². The van der Waals surface area contributed by atoms with E-state index in [1.165, 1.54) is 0 Å². The number of carbonyl (C=O) groups excluding carboxylic acids is 3. The highest BCUT2D eigenvalue weighted by Crippen LogP contribution is 2.36. The van der Waals surface area contributed by atoms with Gasteiger partial charge in [-0.15, -0.1) is 0 Å². The van der Waals surface area contributed by atoms with E-state index in [1.807, 2.05) is 0 Å². The van der Waals surface area contributed by atoms with Gasteiger partial charge in [0.1, 0.15) is 91.4 Å². The van der Waals surface area contributed by atoms with Gasteiger partial charge < -0.3 is 115 Å². The van der Waals surface area contributed by atoms with Gasteiger partial charge in [-0.05, 0) is 0 Å². The van der Waals surface area contributed by atoms with Gasteiger partial charge in [0, 0.05) is 27.2 Å². The number of hydrogen-bond donors (Lipinski definition) is 16. The van der Waals surface area contributed by atoms with Crippen LogP contribution in [0.4, 0.5) is 0 Å². The van der Waals surface area contributed by atoms with Crippen LogP contribution in [0.25, 0.3) is 0 Å². The molecule has 4 fully saturated rings. The molecule has 0 aromatic heterocycles. The molecule has 4 saturated heterocycles. The molecule has 27 nitrogen and oxygen atoms in total. The van der Waals surface area contributed by atoms with Crippen molar-refractivity contribution in [2.45, 2.75) is 155 Å². The SMILES string of the molecule is CC(=O)N[C@H]1[C@H](O[C@H]2[C@@H](O)[C@@H](CO)O[C@@H](O[C@H]3[C@@H](O)[C@@H](CO[C@]4(C(=O)O)C[C@H](O)[C@@H](NC(C)=O)[C@H]([C@H](O)[C@H](O)CO)O4)OC(O)[C@@H]3NC(C)=O)[C@@H]2O)O[C@H](CO)[C@@H](O)[C@@H]1O. The minimum Gasteiger partial charge on any atom is -0.477 e. The molecule has 0 bridgehead atoms. The van der Waals surface area contributed by atoms with Crippen molar-refractivity contribution in [3.63, 3.8) is 0 Å². The predicted octanol–water partition coefficient (Wildman–Crippen LogP) is -10.1. The fraction of sp³-hybridized carbons (Fsp3) is 0.879. The minimum atomic E-state index is -2.93. The summed E-state index contributed by atoms with van der Waals surface area (Å²) >= 11 is 0. The van der Waals surface area contributed by atoms with E-state index in [2.05, 4.69) is 16.0 Å². The zero-order chi connectivity index (χ0) is 45.0. The first-order valence-corrected chi connectivity index (χ1v) is 18.7. The van der Waals surface area contributed by atoms with E-state index >= 15 is 0 Å². The Morgan fingerprint density at radius 1 is 0.667 bits per heavy atom. The number of carbonyl (C=O) groups is 4. The smallest absolute Gasteiger partial charge is 0.364 e. The van der Waals surface area contributed by atoms with Crippen LogP contribution in [0.3, 0.4) is 0 Å². The summed E-state index contributed by atoms with van der Waals surface area (Å²) in [5.41, 5.74) is 0. The first-order chi connectivity index (χ1) is 28.1. The summed E-state index contributed by atoms with van der Waals surface area (Å²) in [7, 11) is 0. The lowest BCUT2D eigenvalue weighted by Gasteiger charge is -2.49. The first-order valence-electron chi connectivity index (χ1n) is 18.7. The monoisotopic (exact) mass is 877 g/mol. The van der Waals surface area contributed by atoms with Gasteiger partial charge in [-0.1, -0.05) is 0 Å². The number of aliphatic carboxylic acids is 1. The van der Waals surface area contributed by atoms with Crippen LogP contribution in [-0.4, -0.2) is 245 Å². The molecule has 4 rings (SSSR count). The molecule has 0 spiro atoms. The summed E-state index contributed by atoms with van der Waals surface area (Å²) in [5.74, 6) is -7.17. The van der Waals surface area contributed by atoms with Crippen molar-refractivity contribution in [1.29, 1.82) is 0 Å². The summed E-state index contributed by atoms with van der Waals surface area (Å²) in [6.45, 7) is -0.856. The topological polar surface area (TPSA) is 432 Å². The molecule has 0 aliphatic carbocycles. The summed E-state index contributed by atoms with van der Waals surface area (Å²) in [6.07, 6.45) is -33.3.